The summed E-state index contributed by atoms with van der Waals surface area (Å²) in [5.41, 5.74) is 9.85. The molecular weight excluding hydrogens is 306 g/mol. The molecule has 0 heterocycles. The summed E-state index contributed by atoms with van der Waals surface area (Å²) < 4.78 is 0. The van der Waals surface area contributed by atoms with Crippen LogP contribution in [-0.2, 0) is 0 Å². The molecule has 0 aliphatic heterocycles. The van der Waals surface area contributed by atoms with Gasteiger partial charge in [0, 0.05) is 17.9 Å². The zero-order chi connectivity index (χ0) is 18.0. The molecule has 0 aromatic rings. The number of hydrogen-bond acceptors (Lipinski definition) is 2. The Bertz CT molecular complexity index is 674. The molecule has 0 amide bonds. The van der Waals surface area contributed by atoms with Gasteiger partial charge in [0.05, 0.1) is 6.10 Å². The van der Waals surface area contributed by atoms with Gasteiger partial charge < -0.3 is 10.8 Å². The molecule has 0 bridgehead atoms. The minimum absolute atomic E-state index is 0.00613. The van der Waals surface area contributed by atoms with Gasteiger partial charge in [0.25, 0.3) is 0 Å². The monoisotopic (exact) mass is 339 g/mol. The van der Waals surface area contributed by atoms with Crippen molar-refractivity contribution in [3.8, 4) is 0 Å². The maximum atomic E-state index is 11.3. The predicted molar refractivity (Wildman–Crippen MR) is 104 cm³/mol. The number of aliphatic hydroxyl groups excluding tert-OH is 1. The Morgan fingerprint density at radius 3 is 2.80 bits per heavy atom. The van der Waals surface area contributed by atoms with Gasteiger partial charge in [-0.2, -0.15) is 0 Å². The summed E-state index contributed by atoms with van der Waals surface area (Å²) in [7, 11) is 0. The van der Waals surface area contributed by atoms with E-state index in [1.165, 1.54) is 30.4 Å². The smallest absolute Gasteiger partial charge is 0.0588 e. The number of nitrogens with two attached hydrogens (primary N) is 1. The lowest BCUT2D eigenvalue weighted by molar-refractivity contribution is -0.111. The second-order valence-electron chi connectivity index (χ2n) is 9.46. The summed E-state index contributed by atoms with van der Waals surface area (Å²) in [6.45, 7) is 13.7. The minimum Gasteiger partial charge on any atom is -0.393 e. The van der Waals surface area contributed by atoms with Crippen molar-refractivity contribution >= 4 is 0 Å². The molecule has 0 aromatic heterocycles. The Labute approximate surface area is 152 Å². The van der Waals surface area contributed by atoms with Gasteiger partial charge in [0.15, 0.2) is 0 Å². The van der Waals surface area contributed by atoms with Gasteiger partial charge in [-0.1, -0.05) is 56.4 Å². The fourth-order valence-corrected chi connectivity index (χ4v) is 7.22. The van der Waals surface area contributed by atoms with Crippen molar-refractivity contribution in [2.24, 2.45) is 40.2 Å². The van der Waals surface area contributed by atoms with E-state index in [2.05, 4.69) is 45.2 Å². The number of fused-ring (bicyclic) bond motifs is 5. The lowest BCUT2D eigenvalue weighted by Gasteiger charge is -2.59. The molecule has 3 N–H and O–H groups in total. The summed E-state index contributed by atoms with van der Waals surface area (Å²) >= 11 is 0. The summed E-state index contributed by atoms with van der Waals surface area (Å²) in [6, 6.07) is 0. The first kappa shape index (κ1) is 17.3. The van der Waals surface area contributed by atoms with Crippen LogP contribution in [0.4, 0.5) is 0 Å². The fraction of sp³-hybridized carbons (Fsp3) is 0.652. The van der Waals surface area contributed by atoms with Gasteiger partial charge in [0.1, 0.15) is 0 Å². The molecule has 3 fully saturated rings. The van der Waals surface area contributed by atoms with E-state index in [0.29, 0.717) is 30.2 Å². The Morgan fingerprint density at radius 2 is 2.08 bits per heavy atom. The fourth-order valence-electron chi connectivity index (χ4n) is 7.22. The molecule has 7 atom stereocenters. The van der Waals surface area contributed by atoms with Gasteiger partial charge in [-0.3, -0.25) is 0 Å². The maximum Gasteiger partial charge on any atom is 0.0588 e. The molecule has 4 aliphatic rings. The molecule has 7 unspecified atom stereocenters. The van der Waals surface area contributed by atoms with Crippen LogP contribution in [0.5, 0.6) is 0 Å². The normalized spacial score (nSPS) is 48.4. The Hall–Kier alpha value is -1.12. The van der Waals surface area contributed by atoms with Crippen molar-refractivity contribution in [3.05, 3.63) is 48.1 Å². The second-order valence-corrected chi connectivity index (χ2v) is 9.46. The Balaban J connectivity index is 1.71. The molecule has 0 saturated heterocycles. The number of allylic oxidation sites excluding steroid dienone is 5. The molecule has 4 aliphatic carbocycles. The third-order valence-electron chi connectivity index (χ3n) is 8.34. The average molecular weight is 340 g/mol. The zero-order valence-electron chi connectivity index (χ0n) is 15.8. The van der Waals surface area contributed by atoms with E-state index in [4.69, 9.17) is 5.73 Å². The quantitative estimate of drug-likeness (QED) is 0.733. The minimum atomic E-state index is -0.248. The van der Waals surface area contributed by atoms with E-state index >= 15 is 0 Å². The highest BCUT2D eigenvalue weighted by Crippen LogP contribution is 2.66. The van der Waals surface area contributed by atoms with Crippen LogP contribution in [0, 0.1) is 34.5 Å². The molecular formula is C23H33NO. The van der Waals surface area contributed by atoms with Crippen LogP contribution >= 0.6 is 0 Å². The molecule has 4 rings (SSSR count). The second kappa shape index (κ2) is 5.69. The van der Waals surface area contributed by atoms with Crippen LogP contribution in [0.2, 0.25) is 0 Å². The standard InChI is InChI=1S/C23H33NO/c1-14-9-10-22(3)16(11-14)5-6-17-19-8-7-18(15(2)13-24)23(19,4)12-20(25)21(17)22/h9-11,17-21,25H,1-2,5-8,12-13,24H2,3-4H3. The van der Waals surface area contributed by atoms with Crippen LogP contribution in [-0.4, -0.2) is 17.8 Å². The van der Waals surface area contributed by atoms with Crippen LogP contribution in [0.1, 0.15) is 46.0 Å². The first-order valence-corrected chi connectivity index (χ1v) is 9.96. The maximum absolute atomic E-state index is 11.3. The summed E-state index contributed by atoms with van der Waals surface area (Å²) in [4.78, 5) is 0. The van der Waals surface area contributed by atoms with Gasteiger partial charge >= 0.3 is 0 Å². The van der Waals surface area contributed by atoms with Crippen LogP contribution in [0.15, 0.2) is 48.1 Å². The molecule has 3 saturated carbocycles. The lowest BCUT2D eigenvalue weighted by atomic mass is 9.46. The highest BCUT2D eigenvalue weighted by atomic mass is 16.3. The van der Waals surface area contributed by atoms with Crippen molar-refractivity contribution in [1.29, 1.82) is 0 Å². The van der Waals surface area contributed by atoms with E-state index in [1.807, 2.05) is 0 Å². The van der Waals surface area contributed by atoms with Crippen LogP contribution in [0.25, 0.3) is 0 Å². The first-order chi connectivity index (χ1) is 11.8. The molecule has 0 radical (unpaired) electrons. The van der Waals surface area contributed by atoms with Crippen molar-refractivity contribution in [2.75, 3.05) is 6.54 Å². The topological polar surface area (TPSA) is 46.2 Å². The molecule has 25 heavy (non-hydrogen) atoms. The largest absolute Gasteiger partial charge is 0.393 e. The van der Waals surface area contributed by atoms with E-state index < -0.39 is 0 Å². The van der Waals surface area contributed by atoms with E-state index in [-0.39, 0.29) is 16.9 Å². The van der Waals surface area contributed by atoms with Crippen molar-refractivity contribution < 1.29 is 5.11 Å². The Morgan fingerprint density at radius 1 is 1.32 bits per heavy atom. The summed E-state index contributed by atoms with van der Waals surface area (Å²) in [5.74, 6) is 2.10. The van der Waals surface area contributed by atoms with Gasteiger partial charge in [0.2, 0.25) is 0 Å². The Kier molecular flexibility index (Phi) is 3.94. The zero-order valence-corrected chi connectivity index (χ0v) is 15.8. The summed E-state index contributed by atoms with van der Waals surface area (Å²) in [5, 5.41) is 11.3. The number of rotatable bonds is 2. The molecule has 2 heteroatoms. The lowest BCUT2D eigenvalue weighted by Crippen LogP contribution is -2.55. The average Bonchev–Trinajstić information content (AvgIpc) is 2.91. The van der Waals surface area contributed by atoms with Gasteiger partial charge in [-0.25, -0.2) is 0 Å². The van der Waals surface area contributed by atoms with Crippen LogP contribution in [0.3, 0.4) is 0 Å². The highest BCUT2D eigenvalue weighted by Gasteiger charge is 2.61. The van der Waals surface area contributed by atoms with Crippen molar-refractivity contribution in [1.82, 2.24) is 0 Å². The van der Waals surface area contributed by atoms with Gasteiger partial charge in [-0.05, 0) is 60.8 Å². The van der Waals surface area contributed by atoms with Crippen molar-refractivity contribution in [3.63, 3.8) is 0 Å². The molecule has 0 spiro atoms. The highest BCUT2D eigenvalue weighted by molar-refractivity contribution is 5.43. The first-order valence-electron chi connectivity index (χ1n) is 9.96. The van der Waals surface area contributed by atoms with E-state index in [1.54, 1.807) is 0 Å². The van der Waals surface area contributed by atoms with E-state index in [0.717, 1.165) is 18.4 Å². The molecule has 0 aromatic carbocycles. The van der Waals surface area contributed by atoms with Crippen molar-refractivity contribution in [2.45, 2.75) is 52.1 Å². The third kappa shape index (κ3) is 2.30. The number of aliphatic hydroxyl groups is 1. The predicted octanol–water partition coefficient (Wildman–Crippen LogP) is 4.38. The SMILES string of the molecule is C=C1C=CC2(C)C(=C1)CCC1C2C(O)CC2(C)C(C(=C)CN)CCC12. The number of hydrogen-bond donors (Lipinski definition) is 2. The summed E-state index contributed by atoms with van der Waals surface area (Å²) in [6.07, 6.45) is 12.2. The third-order valence-corrected chi connectivity index (χ3v) is 8.34. The molecule has 136 valence electrons. The van der Waals surface area contributed by atoms with Gasteiger partial charge in [-0.15, -0.1) is 0 Å². The van der Waals surface area contributed by atoms with E-state index in [9.17, 15) is 5.11 Å². The molecule has 2 nitrogen and oxygen atoms in total. The van der Waals surface area contributed by atoms with Crippen LogP contribution < -0.4 is 5.73 Å².